The van der Waals surface area contributed by atoms with E-state index in [9.17, 15) is 13.2 Å². The molecule has 0 aliphatic carbocycles. The predicted molar refractivity (Wildman–Crippen MR) is 94.4 cm³/mol. The lowest BCUT2D eigenvalue weighted by Gasteiger charge is -2.26. The quantitative estimate of drug-likeness (QED) is 0.513. The number of aromatic nitrogens is 3. The summed E-state index contributed by atoms with van der Waals surface area (Å²) in [7, 11) is -2.99. The van der Waals surface area contributed by atoms with Crippen LogP contribution in [0.4, 0.5) is 0 Å². The molecule has 1 amide bonds. The SMILES string of the molecule is C=CCn1c(SCC(=O)N2CCOCC2)nnc1[C@@H]1CCS(=O)(=O)C1. The number of ether oxygens (including phenoxy) is 1. The summed E-state index contributed by atoms with van der Waals surface area (Å²) < 4.78 is 30.6. The molecule has 1 atom stereocenters. The molecule has 2 saturated heterocycles. The highest BCUT2D eigenvalue weighted by molar-refractivity contribution is 7.99. The van der Waals surface area contributed by atoms with Crippen molar-refractivity contribution in [2.75, 3.05) is 43.6 Å². The van der Waals surface area contributed by atoms with Crippen LogP contribution in [0.5, 0.6) is 0 Å². The van der Waals surface area contributed by atoms with Gasteiger partial charge in [-0.15, -0.1) is 16.8 Å². The van der Waals surface area contributed by atoms with E-state index in [4.69, 9.17) is 4.74 Å². The number of morpholine rings is 1. The van der Waals surface area contributed by atoms with Gasteiger partial charge in [0.1, 0.15) is 5.82 Å². The van der Waals surface area contributed by atoms with Crippen LogP contribution in [0.25, 0.3) is 0 Å². The van der Waals surface area contributed by atoms with E-state index in [1.54, 1.807) is 11.0 Å². The zero-order valence-electron chi connectivity index (χ0n) is 14.0. The van der Waals surface area contributed by atoms with Crippen LogP contribution in [0.15, 0.2) is 17.8 Å². The molecule has 2 fully saturated rings. The predicted octanol–water partition coefficient (Wildman–Crippen LogP) is 0.317. The standard InChI is InChI=1S/C15H22N4O4S2/c1-2-4-19-14(12-3-9-25(21,22)11-12)16-17-15(19)24-10-13(20)18-5-7-23-8-6-18/h2,12H,1,3-11H2/t12-/m1/s1. The molecule has 3 rings (SSSR count). The molecule has 0 bridgehead atoms. The molecule has 25 heavy (non-hydrogen) atoms. The number of amides is 1. The van der Waals surface area contributed by atoms with Gasteiger partial charge in [-0.2, -0.15) is 0 Å². The number of carbonyl (C=O) groups is 1. The first-order valence-corrected chi connectivity index (χ1v) is 11.0. The molecular formula is C15H22N4O4S2. The molecule has 10 heteroatoms. The van der Waals surface area contributed by atoms with Crippen LogP contribution >= 0.6 is 11.8 Å². The van der Waals surface area contributed by atoms with Gasteiger partial charge in [-0.05, 0) is 6.42 Å². The maximum absolute atomic E-state index is 12.3. The average Bonchev–Trinajstić information content (AvgIpc) is 3.16. The normalized spacial score (nSPS) is 22.9. The van der Waals surface area contributed by atoms with Gasteiger partial charge in [0.05, 0.1) is 30.5 Å². The lowest BCUT2D eigenvalue weighted by molar-refractivity contribution is -0.132. The number of rotatable bonds is 6. The first-order chi connectivity index (χ1) is 12.0. The number of allylic oxidation sites excluding steroid dienone is 1. The first-order valence-electron chi connectivity index (χ1n) is 8.23. The summed E-state index contributed by atoms with van der Waals surface area (Å²) in [5.74, 6) is 1.16. The molecule has 3 heterocycles. The fraction of sp³-hybridized carbons (Fsp3) is 0.667. The summed E-state index contributed by atoms with van der Waals surface area (Å²) in [6.07, 6.45) is 2.29. The second kappa shape index (κ2) is 7.88. The van der Waals surface area contributed by atoms with Crippen LogP contribution in [-0.4, -0.2) is 77.6 Å². The number of hydrogen-bond acceptors (Lipinski definition) is 7. The molecule has 0 unspecified atom stereocenters. The van der Waals surface area contributed by atoms with Crippen LogP contribution in [0, 0.1) is 0 Å². The highest BCUT2D eigenvalue weighted by Gasteiger charge is 2.33. The number of hydrogen-bond donors (Lipinski definition) is 0. The molecule has 8 nitrogen and oxygen atoms in total. The van der Waals surface area contributed by atoms with E-state index in [1.165, 1.54) is 11.8 Å². The highest BCUT2D eigenvalue weighted by Crippen LogP contribution is 2.30. The average molecular weight is 386 g/mol. The Morgan fingerprint density at radius 2 is 2.12 bits per heavy atom. The van der Waals surface area contributed by atoms with Crippen LogP contribution in [0.1, 0.15) is 18.2 Å². The Morgan fingerprint density at radius 1 is 1.36 bits per heavy atom. The third-order valence-electron chi connectivity index (χ3n) is 4.34. The maximum Gasteiger partial charge on any atom is 0.233 e. The van der Waals surface area contributed by atoms with Gasteiger partial charge in [-0.1, -0.05) is 17.8 Å². The number of carbonyl (C=O) groups excluding carboxylic acids is 1. The zero-order valence-corrected chi connectivity index (χ0v) is 15.6. The molecule has 138 valence electrons. The van der Waals surface area contributed by atoms with E-state index < -0.39 is 9.84 Å². The summed E-state index contributed by atoms with van der Waals surface area (Å²) in [6, 6.07) is 0. The molecule has 0 aromatic carbocycles. The fourth-order valence-corrected chi connectivity index (χ4v) is 5.64. The molecule has 1 aromatic heterocycles. The van der Waals surface area contributed by atoms with Gasteiger partial charge in [-0.3, -0.25) is 4.79 Å². The van der Waals surface area contributed by atoms with Crippen LogP contribution < -0.4 is 0 Å². The van der Waals surface area contributed by atoms with Gasteiger partial charge in [0.25, 0.3) is 0 Å². The van der Waals surface area contributed by atoms with Crippen LogP contribution in [0.2, 0.25) is 0 Å². The Labute approximate surface area is 151 Å². The largest absolute Gasteiger partial charge is 0.378 e. The molecule has 0 spiro atoms. The van der Waals surface area contributed by atoms with Crippen LogP contribution in [-0.2, 0) is 25.9 Å². The molecule has 0 radical (unpaired) electrons. The second-order valence-electron chi connectivity index (χ2n) is 6.12. The smallest absolute Gasteiger partial charge is 0.233 e. The van der Waals surface area contributed by atoms with Crippen molar-refractivity contribution in [1.29, 1.82) is 0 Å². The van der Waals surface area contributed by atoms with Gasteiger partial charge >= 0.3 is 0 Å². The van der Waals surface area contributed by atoms with Crippen molar-refractivity contribution in [3.05, 3.63) is 18.5 Å². The molecule has 0 N–H and O–H groups in total. The second-order valence-corrected chi connectivity index (χ2v) is 9.29. The van der Waals surface area contributed by atoms with E-state index >= 15 is 0 Å². The summed E-state index contributed by atoms with van der Waals surface area (Å²) in [5.41, 5.74) is 0. The number of sulfone groups is 1. The fourth-order valence-electron chi connectivity index (χ4n) is 3.04. The van der Waals surface area contributed by atoms with Crippen molar-refractivity contribution in [1.82, 2.24) is 19.7 Å². The maximum atomic E-state index is 12.3. The number of thioether (sulfide) groups is 1. The highest BCUT2D eigenvalue weighted by atomic mass is 32.2. The minimum Gasteiger partial charge on any atom is -0.378 e. The third kappa shape index (κ3) is 4.42. The van der Waals surface area contributed by atoms with E-state index in [0.29, 0.717) is 50.2 Å². The van der Waals surface area contributed by atoms with Gasteiger partial charge in [0.2, 0.25) is 5.91 Å². The van der Waals surface area contributed by atoms with E-state index in [0.717, 1.165) is 0 Å². The summed E-state index contributed by atoms with van der Waals surface area (Å²) in [4.78, 5) is 14.1. The summed E-state index contributed by atoms with van der Waals surface area (Å²) >= 11 is 1.33. The summed E-state index contributed by atoms with van der Waals surface area (Å²) in [5, 5.41) is 9.02. The van der Waals surface area contributed by atoms with Crippen molar-refractivity contribution < 1.29 is 17.9 Å². The lowest BCUT2D eigenvalue weighted by Crippen LogP contribution is -2.41. The first kappa shape index (κ1) is 18.4. The van der Waals surface area contributed by atoms with Crippen molar-refractivity contribution in [2.24, 2.45) is 0 Å². The lowest BCUT2D eigenvalue weighted by atomic mass is 10.1. The Hall–Kier alpha value is -1.39. The summed E-state index contributed by atoms with van der Waals surface area (Å²) in [6.45, 7) is 6.62. The monoisotopic (exact) mass is 386 g/mol. The number of nitrogens with zero attached hydrogens (tertiary/aromatic N) is 4. The molecule has 1 aromatic rings. The van der Waals surface area contributed by atoms with E-state index in [2.05, 4.69) is 16.8 Å². The molecular weight excluding hydrogens is 364 g/mol. The van der Waals surface area contributed by atoms with Gasteiger partial charge < -0.3 is 14.2 Å². The Kier molecular flexibility index (Phi) is 5.80. The van der Waals surface area contributed by atoms with Crippen molar-refractivity contribution in [3.8, 4) is 0 Å². The van der Waals surface area contributed by atoms with Gasteiger partial charge in [0.15, 0.2) is 15.0 Å². The van der Waals surface area contributed by atoms with E-state index in [1.807, 2.05) is 4.57 Å². The molecule has 2 aliphatic rings. The topological polar surface area (TPSA) is 94.4 Å². The molecule has 2 aliphatic heterocycles. The third-order valence-corrected chi connectivity index (χ3v) is 7.06. The van der Waals surface area contributed by atoms with Crippen molar-refractivity contribution >= 4 is 27.5 Å². The zero-order chi connectivity index (χ0) is 17.9. The van der Waals surface area contributed by atoms with E-state index in [-0.39, 0.29) is 29.1 Å². The van der Waals surface area contributed by atoms with Gasteiger partial charge in [-0.25, -0.2) is 8.42 Å². The van der Waals surface area contributed by atoms with Crippen molar-refractivity contribution in [2.45, 2.75) is 24.0 Å². The van der Waals surface area contributed by atoms with Crippen molar-refractivity contribution in [3.63, 3.8) is 0 Å². The van der Waals surface area contributed by atoms with Crippen LogP contribution in [0.3, 0.4) is 0 Å². The molecule has 0 saturated carbocycles. The van der Waals surface area contributed by atoms with Gasteiger partial charge in [0, 0.05) is 25.6 Å². The minimum absolute atomic E-state index is 0.0476. The Balaban J connectivity index is 1.69. The minimum atomic E-state index is -2.99. The Bertz CT molecular complexity index is 741. The Morgan fingerprint density at radius 3 is 2.76 bits per heavy atom.